The van der Waals surface area contributed by atoms with Crippen molar-refractivity contribution in [2.75, 3.05) is 7.11 Å². The van der Waals surface area contributed by atoms with E-state index in [1.54, 1.807) is 24.3 Å². The minimum atomic E-state index is -0.664. The van der Waals surface area contributed by atoms with Crippen LogP contribution in [-0.2, 0) is 4.79 Å². The predicted molar refractivity (Wildman–Crippen MR) is 90.7 cm³/mol. The van der Waals surface area contributed by atoms with E-state index in [1.165, 1.54) is 37.5 Å². The van der Waals surface area contributed by atoms with E-state index in [-0.39, 0.29) is 11.3 Å². The Morgan fingerprint density at radius 3 is 2.60 bits per heavy atom. The average Bonchev–Trinajstić information content (AvgIpc) is 2.64. The lowest BCUT2D eigenvalue weighted by atomic mass is 10.2. The molecule has 2 N–H and O–H groups in total. The molecule has 0 radical (unpaired) electrons. The van der Waals surface area contributed by atoms with Gasteiger partial charge in [-0.15, -0.1) is 0 Å². The number of nitrogens with one attached hydrogen (secondary N) is 2. The third-order valence-electron chi connectivity index (χ3n) is 3.17. The number of carbonyl (C=O) groups excluding carboxylic acids is 2. The zero-order valence-electron chi connectivity index (χ0n) is 13.3. The van der Waals surface area contributed by atoms with Crippen molar-refractivity contribution in [3.63, 3.8) is 0 Å². The molecule has 2 amide bonds. The van der Waals surface area contributed by atoms with Crippen molar-refractivity contribution >= 4 is 23.6 Å². The largest absolute Gasteiger partial charge is 0.496 e. The smallest absolute Gasteiger partial charge is 0.270 e. The van der Waals surface area contributed by atoms with E-state index in [1.807, 2.05) is 0 Å². The molecule has 0 aromatic heterocycles. The zero-order valence-corrected chi connectivity index (χ0v) is 13.3. The van der Waals surface area contributed by atoms with Gasteiger partial charge in [-0.3, -0.25) is 30.6 Å². The molecule has 8 nitrogen and oxygen atoms in total. The van der Waals surface area contributed by atoms with Crippen molar-refractivity contribution in [3.8, 4) is 5.75 Å². The number of hydrogen-bond donors (Lipinski definition) is 2. The molecule has 2 aromatic carbocycles. The number of benzene rings is 2. The van der Waals surface area contributed by atoms with Gasteiger partial charge in [0.05, 0.1) is 12.0 Å². The van der Waals surface area contributed by atoms with Gasteiger partial charge in [0.1, 0.15) is 5.75 Å². The van der Waals surface area contributed by atoms with Gasteiger partial charge in [0.2, 0.25) is 0 Å². The first kappa shape index (κ1) is 17.7. The van der Waals surface area contributed by atoms with Crippen LogP contribution in [0.3, 0.4) is 0 Å². The second-order valence-electron chi connectivity index (χ2n) is 4.83. The maximum Gasteiger partial charge on any atom is 0.270 e. The van der Waals surface area contributed by atoms with Crippen LogP contribution >= 0.6 is 0 Å². The Morgan fingerprint density at radius 1 is 1.12 bits per heavy atom. The summed E-state index contributed by atoms with van der Waals surface area (Å²) in [6.45, 7) is 0. The second-order valence-corrected chi connectivity index (χ2v) is 4.83. The highest BCUT2D eigenvalue weighted by molar-refractivity contribution is 5.98. The quantitative estimate of drug-likeness (QED) is 0.491. The predicted octanol–water partition coefficient (Wildman–Crippen LogP) is 2.08. The van der Waals surface area contributed by atoms with Crippen LogP contribution in [0.25, 0.3) is 6.08 Å². The van der Waals surface area contributed by atoms with Gasteiger partial charge >= 0.3 is 0 Å². The fourth-order valence-corrected chi connectivity index (χ4v) is 1.96. The average molecular weight is 341 g/mol. The fourth-order valence-electron chi connectivity index (χ4n) is 1.96. The molecule has 0 aliphatic rings. The van der Waals surface area contributed by atoms with Crippen LogP contribution in [0.1, 0.15) is 15.9 Å². The summed E-state index contributed by atoms with van der Waals surface area (Å²) in [5.41, 5.74) is 4.93. The van der Waals surface area contributed by atoms with E-state index in [9.17, 15) is 19.7 Å². The van der Waals surface area contributed by atoms with Gasteiger partial charge in [-0.2, -0.15) is 0 Å². The van der Waals surface area contributed by atoms with Crippen LogP contribution in [0, 0.1) is 10.1 Å². The summed E-state index contributed by atoms with van der Waals surface area (Å²) in [7, 11) is 1.52. The highest BCUT2D eigenvalue weighted by Crippen LogP contribution is 2.18. The number of carbonyl (C=O) groups is 2. The van der Waals surface area contributed by atoms with Crippen LogP contribution < -0.4 is 15.6 Å². The molecule has 0 atom stereocenters. The van der Waals surface area contributed by atoms with Crippen LogP contribution in [0.15, 0.2) is 54.6 Å². The molecule has 0 heterocycles. The maximum absolute atomic E-state index is 11.9. The molecule has 0 aliphatic carbocycles. The Balaban J connectivity index is 1.95. The molecular weight excluding hydrogens is 326 g/mol. The van der Waals surface area contributed by atoms with Gasteiger partial charge in [-0.25, -0.2) is 0 Å². The van der Waals surface area contributed by atoms with Crippen molar-refractivity contribution in [2.24, 2.45) is 0 Å². The SMILES string of the molecule is COc1ccccc1/C=C/C(=O)NNC(=O)c1cccc([N+](=O)[O-])c1. The summed E-state index contributed by atoms with van der Waals surface area (Å²) in [4.78, 5) is 33.8. The Labute approximate surface area is 143 Å². The standard InChI is InChI=1S/C17H15N3O5/c1-25-15-8-3-2-5-12(15)9-10-16(21)18-19-17(22)13-6-4-7-14(11-13)20(23)24/h2-11H,1H3,(H,18,21)(H,19,22)/b10-9+. The molecule has 0 bridgehead atoms. The topological polar surface area (TPSA) is 111 Å². The number of methoxy groups -OCH3 is 1. The number of amides is 2. The number of nitrogens with zero attached hydrogens (tertiary/aromatic N) is 1. The summed E-state index contributed by atoms with van der Waals surface area (Å²) >= 11 is 0. The van der Waals surface area contributed by atoms with Crippen molar-refractivity contribution in [3.05, 3.63) is 75.8 Å². The Morgan fingerprint density at radius 2 is 1.88 bits per heavy atom. The lowest BCUT2D eigenvalue weighted by molar-refractivity contribution is -0.384. The summed E-state index contributed by atoms with van der Waals surface area (Å²) in [6, 6.07) is 12.3. The lowest BCUT2D eigenvalue weighted by Crippen LogP contribution is -2.40. The van der Waals surface area contributed by atoms with Crippen LogP contribution in [0.5, 0.6) is 5.75 Å². The van der Waals surface area contributed by atoms with Gasteiger partial charge < -0.3 is 4.74 Å². The number of nitro benzene ring substituents is 1. The molecule has 8 heteroatoms. The third-order valence-corrected chi connectivity index (χ3v) is 3.17. The van der Waals surface area contributed by atoms with Crippen molar-refractivity contribution in [1.82, 2.24) is 10.9 Å². The first-order valence-corrected chi connectivity index (χ1v) is 7.17. The van der Waals surface area contributed by atoms with E-state index >= 15 is 0 Å². The number of ether oxygens (including phenoxy) is 1. The second kappa shape index (κ2) is 8.25. The first-order chi connectivity index (χ1) is 12.0. The Bertz CT molecular complexity index is 833. The maximum atomic E-state index is 11.9. The lowest BCUT2D eigenvalue weighted by Gasteiger charge is -2.06. The minimum absolute atomic E-state index is 0.0585. The third kappa shape index (κ3) is 4.90. The summed E-state index contributed by atoms with van der Waals surface area (Å²) < 4.78 is 5.16. The minimum Gasteiger partial charge on any atom is -0.496 e. The Kier molecular flexibility index (Phi) is 5.83. The highest BCUT2D eigenvalue weighted by Gasteiger charge is 2.11. The number of hydrogen-bond acceptors (Lipinski definition) is 5. The summed E-state index contributed by atoms with van der Waals surface area (Å²) in [5.74, 6) is -0.625. The molecular formula is C17H15N3O5. The summed E-state index contributed by atoms with van der Waals surface area (Å²) in [6.07, 6.45) is 2.76. The fraction of sp³-hybridized carbons (Fsp3) is 0.0588. The van der Waals surface area contributed by atoms with Crippen LogP contribution in [-0.4, -0.2) is 23.8 Å². The molecule has 0 aliphatic heterocycles. The molecule has 0 spiro atoms. The number of para-hydroxylation sites is 1. The molecule has 0 saturated heterocycles. The van der Waals surface area contributed by atoms with E-state index in [0.29, 0.717) is 11.3 Å². The number of non-ortho nitro benzene ring substituents is 1. The van der Waals surface area contributed by atoms with Gasteiger partial charge in [0, 0.05) is 29.3 Å². The monoisotopic (exact) mass is 341 g/mol. The van der Waals surface area contributed by atoms with Gasteiger partial charge in [-0.05, 0) is 18.2 Å². The van der Waals surface area contributed by atoms with Crippen molar-refractivity contribution in [1.29, 1.82) is 0 Å². The first-order valence-electron chi connectivity index (χ1n) is 7.17. The number of rotatable bonds is 5. The molecule has 128 valence electrons. The van der Waals surface area contributed by atoms with Crippen LogP contribution in [0.2, 0.25) is 0 Å². The van der Waals surface area contributed by atoms with E-state index in [2.05, 4.69) is 10.9 Å². The highest BCUT2D eigenvalue weighted by atomic mass is 16.6. The molecule has 0 saturated carbocycles. The van der Waals surface area contributed by atoms with Gasteiger partial charge in [-0.1, -0.05) is 24.3 Å². The number of hydrazine groups is 1. The molecule has 0 unspecified atom stereocenters. The molecule has 0 fully saturated rings. The van der Waals surface area contributed by atoms with Crippen molar-refractivity contribution in [2.45, 2.75) is 0 Å². The Hall–Kier alpha value is -3.68. The molecule has 25 heavy (non-hydrogen) atoms. The van der Waals surface area contributed by atoms with Gasteiger partial charge in [0.25, 0.3) is 17.5 Å². The zero-order chi connectivity index (χ0) is 18.2. The normalized spacial score (nSPS) is 10.3. The van der Waals surface area contributed by atoms with Crippen molar-refractivity contribution < 1.29 is 19.2 Å². The molecule has 2 rings (SSSR count). The van der Waals surface area contributed by atoms with Crippen LogP contribution in [0.4, 0.5) is 5.69 Å². The number of nitro groups is 1. The van der Waals surface area contributed by atoms with Gasteiger partial charge in [0.15, 0.2) is 0 Å². The van der Waals surface area contributed by atoms with E-state index < -0.39 is 16.7 Å². The summed E-state index contributed by atoms with van der Waals surface area (Å²) in [5, 5.41) is 10.7. The van der Waals surface area contributed by atoms with E-state index in [0.717, 1.165) is 6.07 Å². The molecule has 2 aromatic rings. The van der Waals surface area contributed by atoms with E-state index in [4.69, 9.17) is 4.74 Å².